The standard InChI is InChI=1S/C9H15NSe/c11-7-10-5-8-2-1-3-9(4-8)6-10/h7-9H,1-6H2. The molecular weight excluding hydrogens is 201 g/mol. The molecule has 11 heavy (non-hydrogen) atoms. The summed E-state index contributed by atoms with van der Waals surface area (Å²) in [5.41, 5.74) is 0. The van der Waals surface area contributed by atoms with Crippen molar-refractivity contribution in [1.82, 2.24) is 4.90 Å². The molecule has 0 aromatic heterocycles. The number of nitrogens with zero attached hydrogens (tertiary/aromatic N) is 1. The zero-order valence-electron chi connectivity index (χ0n) is 6.83. The van der Waals surface area contributed by atoms with Crippen molar-refractivity contribution >= 4 is 20.6 Å². The van der Waals surface area contributed by atoms with Crippen molar-refractivity contribution in [2.75, 3.05) is 13.1 Å². The van der Waals surface area contributed by atoms with Gasteiger partial charge in [-0.25, -0.2) is 0 Å². The molecule has 0 amide bonds. The fourth-order valence-corrected chi connectivity index (χ4v) is 2.92. The van der Waals surface area contributed by atoms with Gasteiger partial charge >= 0.3 is 76.1 Å². The number of piperidine rings is 1. The van der Waals surface area contributed by atoms with Crippen LogP contribution in [0.2, 0.25) is 0 Å². The molecule has 2 rings (SSSR count). The third kappa shape index (κ3) is 1.68. The summed E-state index contributed by atoms with van der Waals surface area (Å²) in [5, 5.41) is 2.14. The molecule has 1 aliphatic carbocycles. The first kappa shape index (κ1) is 7.82. The van der Waals surface area contributed by atoms with Gasteiger partial charge in [0, 0.05) is 0 Å². The van der Waals surface area contributed by atoms with Gasteiger partial charge < -0.3 is 0 Å². The second-order valence-electron chi connectivity index (χ2n) is 3.96. The number of hydrogen-bond donors (Lipinski definition) is 0. The molecule has 0 N–H and O–H groups in total. The molecule has 0 spiro atoms. The van der Waals surface area contributed by atoms with Crippen LogP contribution in [-0.4, -0.2) is 38.6 Å². The van der Waals surface area contributed by atoms with Crippen molar-refractivity contribution in [1.29, 1.82) is 0 Å². The van der Waals surface area contributed by atoms with Gasteiger partial charge in [-0.05, 0) is 0 Å². The predicted molar refractivity (Wildman–Crippen MR) is 48.8 cm³/mol. The zero-order valence-corrected chi connectivity index (χ0v) is 8.54. The summed E-state index contributed by atoms with van der Waals surface area (Å²) in [6.07, 6.45) is 5.93. The molecule has 2 bridgehead atoms. The molecule has 1 nitrogen and oxygen atoms in total. The molecule has 2 heteroatoms. The summed E-state index contributed by atoms with van der Waals surface area (Å²) in [6.45, 7) is 2.62. The van der Waals surface area contributed by atoms with E-state index in [0.717, 1.165) is 11.8 Å². The van der Waals surface area contributed by atoms with E-state index in [1.807, 2.05) is 0 Å². The Morgan fingerprint density at radius 3 is 2.36 bits per heavy atom. The number of fused-ring (bicyclic) bond motifs is 2. The van der Waals surface area contributed by atoms with Crippen LogP contribution in [0.1, 0.15) is 25.7 Å². The second-order valence-corrected chi connectivity index (χ2v) is 4.40. The first-order chi connectivity index (χ1) is 5.38. The maximum absolute atomic E-state index is 3.00. The van der Waals surface area contributed by atoms with Gasteiger partial charge in [-0.1, -0.05) is 0 Å². The van der Waals surface area contributed by atoms with Crippen LogP contribution in [0.4, 0.5) is 0 Å². The SMILES string of the molecule is [Se]=CN1CC2CCCC(C2)C1. The Labute approximate surface area is 76.5 Å². The molecule has 0 aromatic carbocycles. The average molecular weight is 216 g/mol. The number of rotatable bonds is 1. The van der Waals surface area contributed by atoms with Gasteiger partial charge in [-0.15, -0.1) is 0 Å². The Hall–Kier alpha value is 0.189. The van der Waals surface area contributed by atoms with Gasteiger partial charge in [-0.3, -0.25) is 0 Å². The van der Waals surface area contributed by atoms with E-state index in [-0.39, 0.29) is 0 Å². The Bertz CT molecular complexity index is 146. The van der Waals surface area contributed by atoms with Crippen LogP contribution in [-0.2, 0) is 0 Å². The third-order valence-corrected chi connectivity index (χ3v) is 3.65. The van der Waals surface area contributed by atoms with Gasteiger partial charge in [-0.2, -0.15) is 0 Å². The van der Waals surface area contributed by atoms with Crippen molar-refractivity contribution in [2.45, 2.75) is 25.7 Å². The van der Waals surface area contributed by atoms with Crippen molar-refractivity contribution in [3.8, 4) is 0 Å². The van der Waals surface area contributed by atoms with Gasteiger partial charge in [0.15, 0.2) is 0 Å². The molecule has 2 fully saturated rings. The normalized spacial score (nSPS) is 36.9. The number of likely N-dealkylation sites (tertiary alicyclic amines) is 1. The van der Waals surface area contributed by atoms with Crippen molar-refractivity contribution in [3.63, 3.8) is 0 Å². The van der Waals surface area contributed by atoms with Crippen molar-refractivity contribution in [2.24, 2.45) is 11.8 Å². The van der Waals surface area contributed by atoms with E-state index >= 15 is 0 Å². The van der Waals surface area contributed by atoms with Gasteiger partial charge in [0.25, 0.3) is 0 Å². The molecule has 2 atom stereocenters. The molecule has 0 aromatic rings. The van der Waals surface area contributed by atoms with Crippen LogP contribution >= 0.6 is 0 Å². The van der Waals surface area contributed by atoms with Crippen molar-refractivity contribution < 1.29 is 0 Å². The van der Waals surface area contributed by atoms with E-state index in [0.29, 0.717) is 0 Å². The average Bonchev–Trinajstić information content (AvgIpc) is 2.03. The minimum atomic E-state index is 1.01. The molecule has 1 saturated heterocycles. The molecule has 2 aliphatic rings. The first-order valence-corrected chi connectivity index (χ1v) is 5.56. The Morgan fingerprint density at radius 1 is 1.18 bits per heavy atom. The summed E-state index contributed by atoms with van der Waals surface area (Å²) in [7, 11) is 0. The van der Waals surface area contributed by atoms with Crippen LogP contribution in [0.5, 0.6) is 0 Å². The van der Waals surface area contributed by atoms with E-state index in [4.69, 9.17) is 0 Å². The van der Waals surface area contributed by atoms with E-state index in [9.17, 15) is 0 Å². The fourth-order valence-electron chi connectivity index (χ4n) is 2.56. The van der Waals surface area contributed by atoms with Crippen LogP contribution in [0.15, 0.2) is 0 Å². The number of hydrogen-bond acceptors (Lipinski definition) is 1. The summed E-state index contributed by atoms with van der Waals surface area (Å²) >= 11 is 3.00. The quantitative estimate of drug-likeness (QED) is 0.592. The van der Waals surface area contributed by atoms with Gasteiger partial charge in [0.05, 0.1) is 0 Å². The molecule has 1 aliphatic heterocycles. The monoisotopic (exact) mass is 217 g/mol. The summed E-state index contributed by atoms with van der Waals surface area (Å²) in [6, 6.07) is 0. The fraction of sp³-hybridized carbons (Fsp3) is 0.889. The minimum absolute atomic E-state index is 1.01. The van der Waals surface area contributed by atoms with E-state index in [1.54, 1.807) is 0 Å². The van der Waals surface area contributed by atoms with Crippen LogP contribution in [0.3, 0.4) is 0 Å². The Balaban J connectivity index is 1.99. The molecule has 1 saturated carbocycles. The van der Waals surface area contributed by atoms with E-state index < -0.39 is 0 Å². The molecular formula is C9H15NSe. The molecule has 62 valence electrons. The first-order valence-electron chi connectivity index (χ1n) is 4.58. The summed E-state index contributed by atoms with van der Waals surface area (Å²) < 4.78 is 0. The molecule has 1 heterocycles. The second kappa shape index (κ2) is 3.28. The van der Waals surface area contributed by atoms with Gasteiger partial charge in [0.1, 0.15) is 0 Å². The maximum atomic E-state index is 3.00. The van der Waals surface area contributed by atoms with E-state index in [2.05, 4.69) is 25.5 Å². The van der Waals surface area contributed by atoms with Crippen LogP contribution < -0.4 is 0 Å². The zero-order chi connectivity index (χ0) is 7.68. The molecule has 0 radical (unpaired) electrons. The summed E-state index contributed by atoms with van der Waals surface area (Å²) in [5.74, 6) is 2.01. The third-order valence-electron chi connectivity index (χ3n) is 3.03. The van der Waals surface area contributed by atoms with Crippen LogP contribution in [0.25, 0.3) is 0 Å². The predicted octanol–water partition coefficient (Wildman–Crippen LogP) is 1.04. The summed E-state index contributed by atoms with van der Waals surface area (Å²) in [4.78, 5) is 2.46. The van der Waals surface area contributed by atoms with Gasteiger partial charge in [0.2, 0.25) is 0 Å². The Kier molecular flexibility index (Phi) is 2.33. The van der Waals surface area contributed by atoms with E-state index in [1.165, 1.54) is 38.8 Å². The topological polar surface area (TPSA) is 3.24 Å². The van der Waals surface area contributed by atoms with Crippen LogP contribution in [0, 0.1) is 11.8 Å². The molecule has 2 unspecified atom stereocenters. The van der Waals surface area contributed by atoms with Crippen molar-refractivity contribution in [3.05, 3.63) is 0 Å². The Morgan fingerprint density at radius 2 is 1.82 bits per heavy atom.